The Morgan fingerprint density at radius 2 is 1.44 bits per heavy atom. The van der Waals surface area contributed by atoms with Crippen LogP contribution in [0.5, 0.6) is 0 Å². The number of nitrogens with one attached hydrogen (secondary N) is 5. The van der Waals surface area contributed by atoms with Gasteiger partial charge in [-0.05, 0) is 80.2 Å². The molecule has 4 aliphatic carbocycles. The van der Waals surface area contributed by atoms with E-state index in [9.17, 15) is 53.4 Å². The molecular formula is C55H78ClN5O18. The highest BCUT2D eigenvalue weighted by Crippen LogP contribution is 2.72. The molecule has 0 radical (unpaired) electrons. The second-order valence-electron chi connectivity index (χ2n) is 20.6. The van der Waals surface area contributed by atoms with Crippen molar-refractivity contribution in [3.8, 4) is 0 Å². The number of aliphatic hydroxyl groups excluding tert-OH is 1. The standard InChI is InChI=1S/C55H78ClN5O18/c1-6-19-73-21-23-75-25-26-76-24-22-74-20-17-45(65)57-31-47(67)61-42(14-15-48(68)69)50(71)60-38-11-8-36(9-12-38)32-78-51(72)58-30-46(66)59-34-77-33-44(64)55(79-49(70)7-2)35(3)27-41-40-13-10-37-28-39(62)16-18-52(37,4)54(40,56)43(63)29-53(41,55)5/h8-9,11-12,16,18,28,35,40-43,63H,6-7,10,13-15,17,19-27,29-34H2,1-5H3,(H,57,65)(H,58,72)(H,59,66)(H,60,71)(H,61,67)(H,68,69)/t35-,40?,41?,42-,43-,52-,53-,54-,55-/m0/s1. The van der Waals surface area contributed by atoms with Gasteiger partial charge in [-0.3, -0.25) is 38.4 Å². The van der Waals surface area contributed by atoms with Gasteiger partial charge in [0.15, 0.2) is 11.4 Å². The molecule has 23 nitrogen and oxygen atoms in total. The average molecular weight is 1130 g/mol. The summed E-state index contributed by atoms with van der Waals surface area (Å²) >= 11 is 7.59. The molecule has 438 valence electrons. The molecule has 1 aromatic rings. The number of halogens is 1. The number of carbonyl (C=O) groups is 9. The number of fused-ring (bicyclic) bond motifs is 5. The lowest BCUT2D eigenvalue weighted by atomic mass is 9.45. The quantitative estimate of drug-likeness (QED) is 0.0229. The van der Waals surface area contributed by atoms with Crippen molar-refractivity contribution in [1.82, 2.24) is 21.3 Å². The Morgan fingerprint density at radius 1 is 0.797 bits per heavy atom. The number of esters is 1. The third-order valence-corrected chi connectivity index (χ3v) is 16.4. The smallest absolute Gasteiger partial charge is 0.407 e. The first-order chi connectivity index (χ1) is 37.6. The number of carboxylic acids is 1. The average Bonchev–Trinajstić information content (AvgIpc) is 2.62. The van der Waals surface area contributed by atoms with Crippen molar-refractivity contribution in [2.24, 2.45) is 28.6 Å². The van der Waals surface area contributed by atoms with E-state index in [0.717, 1.165) is 12.0 Å². The maximum atomic E-state index is 14.5. The van der Waals surface area contributed by atoms with Crippen LogP contribution in [-0.4, -0.2) is 165 Å². The minimum absolute atomic E-state index is 0.00269. The van der Waals surface area contributed by atoms with Gasteiger partial charge in [0.05, 0.1) is 63.8 Å². The SMILES string of the molecule is CCCOCCOCCOCCOCCC(=O)NCC(=O)N[C@@H](CCC(=O)O)C(=O)Nc1ccc(COC(=O)NCC(=O)NCOCC(=O)[C@@]2(OC(=O)CC)[C@@H](C)CC3C4CCC5=CC(=O)C=C[C@]5(C)[C@@]4(Cl)[C@@H](O)C[C@@]32C)cc1. The van der Waals surface area contributed by atoms with Gasteiger partial charge < -0.3 is 70.0 Å². The summed E-state index contributed by atoms with van der Waals surface area (Å²) in [4.78, 5) is 113. The maximum absolute atomic E-state index is 14.5. The van der Waals surface area contributed by atoms with Gasteiger partial charge in [0.25, 0.3) is 0 Å². The highest BCUT2D eigenvalue weighted by Gasteiger charge is 2.76. The molecule has 4 aliphatic rings. The lowest BCUT2D eigenvalue weighted by Crippen LogP contribution is -2.69. The van der Waals surface area contributed by atoms with Crippen LogP contribution in [0.4, 0.5) is 10.5 Å². The van der Waals surface area contributed by atoms with Gasteiger partial charge in [0.1, 0.15) is 32.5 Å². The molecule has 0 saturated heterocycles. The highest BCUT2D eigenvalue weighted by molar-refractivity contribution is 6.26. The monoisotopic (exact) mass is 1130 g/mol. The fraction of sp³-hybridized carbons (Fsp3) is 0.655. The molecule has 0 aromatic heterocycles. The van der Waals surface area contributed by atoms with E-state index in [1.54, 1.807) is 19.1 Å². The number of hydrogen-bond donors (Lipinski definition) is 7. The predicted octanol–water partition coefficient (Wildman–Crippen LogP) is 3.42. The van der Waals surface area contributed by atoms with Gasteiger partial charge in [-0.1, -0.05) is 58.4 Å². The molecular weight excluding hydrogens is 1050 g/mol. The van der Waals surface area contributed by atoms with E-state index in [-0.39, 0.29) is 68.8 Å². The summed E-state index contributed by atoms with van der Waals surface area (Å²) in [5, 5.41) is 33.6. The number of rotatable bonds is 33. The number of anilines is 1. The Labute approximate surface area is 465 Å². The van der Waals surface area contributed by atoms with Crippen LogP contribution in [0.2, 0.25) is 0 Å². The number of alkyl carbamates (subject to hydrolysis) is 1. The largest absolute Gasteiger partial charge is 0.481 e. The van der Waals surface area contributed by atoms with E-state index in [1.165, 1.54) is 30.3 Å². The third-order valence-electron chi connectivity index (χ3n) is 15.4. The van der Waals surface area contributed by atoms with E-state index >= 15 is 0 Å². The van der Waals surface area contributed by atoms with Crippen LogP contribution in [0, 0.1) is 28.6 Å². The predicted molar refractivity (Wildman–Crippen MR) is 284 cm³/mol. The summed E-state index contributed by atoms with van der Waals surface area (Å²) < 4.78 is 38.6. The van der Waals surface area contributed by atoms with Crippen molar-refractivity contribution in [1.29, 1.82) is 0 Å². The normalized spacial score (nSPS) is 26.0. The first-order valence-corrected chi connectivity index (χ1v) is 27.3. The highest BCUT2D eigenvalue weighted by atomic mass is 35.5. The lowest BCUT2D eigenvalue weighted by molar-refractivity contribution is -0.203. The first-order valence-electron chi connectivity index (χ1n) is 26.9. The number of ether oxygens (including phenoxy) is 7. The third kappa shape index (κ3) is 16.4. The molecule has 79 heavy (non-hydrogen) atoms. The van der Waals surface area contributed by atoms with Crippen LogP contribution in [0.1, 0.15) is 98.0 Å². The van der Waals surface area contributed by atoms with Crippen LogP contribution in [0.15, 0.2) is 48.1 Å². The van der Waals surface area contributed by atoms with Crippen LogP contribution in [-0.2, 0) is 78.1 Å². The Hall–Kier alpha value is -5.82. The molecule has 2 unspecified atom stereocenters. The maximum Gasteiger partial charge on any atom is 0.407 e. The summed E-state index contributed by atoms with van der Waals surface area (Å²) in [7, 11) is 0. The molecule has 7 N–H and O–H groups in total. The fourth-order valence-corrected chi connectivity index (χ4v) is 12.0. The molecule has 1 aromatic carbocycles. The molecule has 5 rings (SSSR count). The van der Waals surface area contributed by atoms with Gasteiger partial charge in [0.2, 0.25) is 29.4 Å². The number of aliphatic carboxylic acids is 1. The summed E-state index contributed by atoms with van der Waals surface area (Å²) in [6, 6.07) is 4.80. The number of benzene rings is 1. The van der Waals surface area contributed by atoms with E-state index in [2.05, 4.69) is 26.6 Å². The van der Waals surface area contributed by atoms with Crippen molar-refractivity contribution in [2.75, 3.05) is 84.6 Å². The number of carbonyl (C=O) groups excluding carboxylic acids is 8. The number of aliphatic hydroxyl groups is 1. The molecule has 0 heterocycles. The molecule has 0 bridgehead atoms. The second kappa shape index (κ2) is 30.1. The summed E-state index contributed by atoms with van der Waals surface area (Å²) in [6.45, 7) is 10.2. The Bertz CT molecular complexity index is 2390. The van der Waals surface area contributed by atoms with E-state index in [1.807, 2.05) is 27.7 Å². The van der Waals surface area contributed by atoms with E-state index in [4.69, 9.17) is 44.8 Å². The Kier molecular flexibility index (Phi) is 24.4. The van der Waals surface area contributed by atoms with Gasteiger partial charge in [-0.2, -0.15) is 0 Å². The first kappa shape index (κ1) is 64.0. The number of carboxylic acid groups (broad SMARTS) is 1. The molecule has 0 aliphatic heterocycles. The van der Waals surface area contributed by atoms with Crippen LogP contribution >= 0.6 is 11.6 Å². The van der Waals surface area contributed by atoms with Gasteiger partial charge in [0, 0.05) is 48.3 Å². The zero-order chi connectivity index (χ0) is 57.8. The van der Waals surface area contributed by atoms with Crippen molar-refractivity contribution >= 4 is 70.5 Å². The van der Waals surface area contributed by atoms with Crippen LogP contribution in [0.3, 0.4) is 0 Å². The molecule has 24 heteroatoms. The lowest BCUT2D eigenvalue weighted by Gasteiger charge is -2.64. The number of hydrogen-bond acceptors (Lipinski definition) is 17. The molecule has 9 atom stereocenters. The summed E-state index contributed by atoms with van der Waals surface area (Å²) in [6.07, 6.45) is 4.66. The molecule has 0 spiro atoms. The molecule has 3 fully saturated rings. The topological polar surface area (TPSA) is 319 Å². The minimum atomic E-state index is -1.69. The Balaban J connectivity index is 1.00. The van der Waals surface area contributed by atoms with Crippen molar-refractivity contribution < 1.29 is 86.5 Å². The summed E-state index contributed by atoms with van der Waals surface area (Å²) in [5.41, 5.74) is -1.93. The van der Waals surface area contributed by atoms with Gasteiger partial charge in [-0.15, -0.1) is 11.6 Å². The van der Waals surface area contributed by atoms with Crippen molar-refractivity contribution in [2.45, 2.75) is 122 Å². The zero-order valence-corrected chi connectivity index (χ0v) is 46.5. The van der Waals surface area contributed by atoms with E-state index in [0.29, 0.717) is 64.5 Å². The van der Waals surface area contributed by atoms with Crippen molar-refractivity contribution in [3.05, 3.63) is 53.6 Å². The minimum Gasteiger partial charge on any atom is -0.481 e. The number of amides is 5. The van der Waals surface area contributed by atoms with Crippen molar-refractivity contribution in [3.63, 3.8) is 0 Å². The Morgan fingerprint density at radius 3 is 2.09 bits per heavy atom. The zero-order valence-electron chi connectivity index (χ0n) is 45.8. The van der Waals surface area contributed by atoms with Crippen LogP contribution < -0.4 is 26.6 Å². The molecule has 5 amide bonds. The van der Waals surface area contributed by atoms with Gasteiger partial charge >= 0.3 is 18.0 Å². The molecule has 3 saturated carbocycles. The number of ketones is 2. The van der Waals surface area contributed by atoms with Gasteiger partial charge in [-0.25, -0.2) is 4.79 Å². The number of Topliss-reactive ketones (excluding diaryl/α,β-unsaturated/α-hetero) is 1. The number of allylic oxidation sites excluding steroid dienone is 4. The fourth-order valence-electron chi connectivity index (χ4n) is 11.5. The van der Waals surface area contributed by atoms with Crippen LogP contribution in [0.25, 0.3) is 0 Å². The second-order valence-corrected chi connectivity index (χ2v) is 21.3. The summed E-state index contributed by atoms with van der Waals surface area (Å²) in [5.74, 6) is -6.07. The van der Waals surface area contributed by atoms with E-state index < -0.39 is 120 Å². The number of alkyl halides is 1.